The molecule has 1 heterocycles. The number of piperidine rings is 1. The van der Waals surface area contributed by atoms with E-state index in [1.165, 1.54) is 0 Å². The molecule has 1 aromatic rings. The molecule has 0 bridgehead atoms. The van der Waals surface area contributed by atoms with Crippen LogP contribution in [0, 0.1) is 21.8 Å². The Morgan fingerprint density at radius 3 is 2.61 bits per heavy atom. The Kier molecular flexibility index (Phi) is 5.66. The largest absolute Gasteiger partial charge is 0.320 e. The Hall–Kier alpha value is -1.58. The zero-order valence-corrected chi connectivity index (χ0v) is 13.7. The summed E-state index contributed by atoms with van der Waals surface area (Å²) in [5, 5.41) is 14.1. The summed E-state index contributed by atoms with van der Waals surface area (Å²) >= 11 is 0. The van der Waals surface area contributed by atoms with Crippen molar-refractivity contribution in [2.75, 3.05) is 26.7 Å². The van der Waals surface area contributed by atoms with E-state index in [1.54, 1.807) is 0 Å². The fourth-order valence-corrected chi connectivity index (χ4v) is 4.48. The van der Waals surface area contributed by atoms with Crippen LogP contribution >= 0.6 is 0 Å². The number of hydrogen-bond acceptors (Lipinski definition) is 5. The molecule has 0 saturated carbocycles. The quantitative estimate of drug-likeness (QED) is 0.626. The minimum Gasteiger partial charge on any atom is -0.320 e. The summed E-state index contributed by atoms with van der Waals surface area (Å²) in [6.45, 7) is 1.36. The van der Waals surface area contributed by atoms with Crippen molar-refractivity contribution in [2.24, 2.45) is 5.92 Å². The van der Waals surface area contributed by atoms with E-state index < -0.39 is 31.3 Å². The number of halogens is 1. The summed E-state index contributed by atoms with van der Waals surface area (Å²) in [7, 11) is -2.35. The molecule has 0 aliphatic carbocycles. The van der Waals surface area contributed by atoms with Gasteiger partial charge in [-0.25, -0.2) is 12.8 Å². The minimum absolute atomic E-state index is 0.252. The molecule has 1 fully saturated rings. The number of nitrogens with zero attached hydrogens (tertiary/aromatic N) is 2. The first-order chi connectivity index (χ1) is 10.9. The van der Waals surface area contributed by atoms with Crippen molar-refractivity contribution >= 4 is 15.7 Å². The minimum atomic E-state index is -4.21. The van der Waals surface area contributed by atoms with E-state index in [1.807, 2.05) is 7.05 Å². The Morgan fingerprint density at radius 2 is 2.04 bits per heavy atom. The lowest BCUT2D eigenvalue weighted by molar-refractivity contribution is -0.388. The van der Waals surface area contributed by atoms with Crippen molar-refractivity contribution in [1.82, 2.24) is 9.62 Å². The van der Waals surface area contributed by atoms with Crippen LogP contribution in [-0.2, 0) is 10.0 Å². The van der Waals surface area contributed by atoms with Gasteiger partial charge in [-0.3, -0.25) is 10.1 Å². The van der Waals surface area contributed by atoms with Gasteiger partial charge < -0.3 is 5.32 Å². The van der Waals surface area contributed by atoms with Gasteiger partial charge in [0.1, 0.15) is 5.82 Å². The Bertz CT molecular complexity index is 673. The maximum atomic E-state index is 14.0. The highest BCUT2D eigenvalue weighted by Crippen LogP contribution is 2.32. The molecule has 23 heavy (non-hydrogen) atoms. The summed E-state index contributed by atoms with van der Waals surface area (Å²) in [6.07, 6.45) is 2.29. The molecular weight excluding hydrogens is 325 g/mol. The number of rotatable bonds is 6. The molecule has 0 radical (unpaired) electrons. The zero-order chi connectivity index (χ0) is 17.0. The van der Waals surface area contributed by atoms with E-state index >= 15 is 0 Å². The van der Waals surface area contributed by atoms with E-state index in [2.05, 4.69) is 5.32 Å². The first kappa shape index (κ1) is 17.8. The number of nitrogens with one attached hydrogen (secondary N) is 1. The molecule has 7 nitrogen and oxygen atoms in total. The summed E-state index contributed by atoms with van der Waals surface area (Å²) in [5.74, 6) is -0.680. The second kappa shape index (κ2) is 7.33. The van der Waals surface area contributed by atoms with Gasteiger partial charge in [-0.1, -0.05) is 6.07 Å². The first-order valence-corrected chi connectivity index (χ1v) is 8.89. The molecule has 0 unspecified atom stereocenters. The van der Waals surface area contributed by atoms with Crippen molar-refractivity contribution in [1.29, 1.82) is 0 Å². The molecule has 2 rings (SSSR count). The van der Waals surface area contributed by atoms with Crippen molar-refractivity contribution in [2.45, 2.75) is 24.2 Å². The highest BCUT2D eigenvalue weighted by molar-refractivity contribution is 7.89. The topological polar surface area (TPSA) is 92.6 Å². The third kappa shape index (κ3) is 3.85. The van der Waals surface area contributed by atoms with Crippen molar-refractivity contribution in [3.05, 3.63) is 34.1 Å². The lowest BCUT2D eigenvalue weighted by Gasteiger charge is -2.31. The van der Waals surface area contributed by atoms with Crippen LogP contribution in [0.3, 0.4) is 0 Å². The molecular formula is C14H20FN3O4S. The number of hydrogen-bond donors (Lipinski definition) is 1. The van der Waals surface area contributed by atoms with E-state index in [-0.39, 0.29) is 13.1 Å². The summed E-state index contributed by atoms with van der Waals surface area (Å²) in [4.78, 5) is 9.32. The standard InChI is InChI=1S/C14H20FN3O4S/c1-16-8-5-11-6-9-17(10-7-11)23(21,22)14-12(15)3-2-4-13(14)18(19)20/h2-4,11,16H,5-10H2,1H3. The number of sulfonamides is 1. The molecule has 128 valence electrons. The smallest absolute Gasteiger partial charge is 0.292 e. The Balaban J connectivity index is 2.23. The average Bonchev–Trinajstić information content (AvgIpc) is 2.52. The first-order valence-electron chi connectivity index (χ1n) is 7.45. The van der Waals surface area contributed by atoms with Crippen LogP contribution in [0.1, 0.15) is 19.3 Å². The SMILES string of the molecule is CNCCC1CCN(S(=O)(=O)c2c(F)cccc2[N+](=O)[O-])CC1. The van der Waals surface area contributed by atoms with Gasteiger partial charge in [-0.15, -0.1) is 0 Å². The van der Waals surface area contributed by atoms with Crippen molar-refractivity contribution in [3.8, 4) is 0 Å². The van der Waals surface area contributed by atoms with Crippen LogP contribution in [0.4, 0.5) is 10.1 Å². The van der Waals surface area contributed by atoms with E-state index in [0.29, 0.717) is 18.8 Å². The van der Waals surface area contributed by atoms with Crippen LogP contribution in [0.15, 0.2) is 23.1 Å². The van der Waals surface area contributed by atoms with Gasteiger partial charge in [0.15, 0.2) is 4.90 Å². The number of benzene rings is 1. The monoisotopic (exact) mass is 345 g/mol. The molecule has 0 aromatic heterocycles. The number of nitro groups is 1. The zero-order valence-electron chi connectivity index (χ0n) is 12.9. The summed E-state index contributed by atoms with van der Waals surface area (Å²) < 4.78 is 40.4. The lowest BCUT2D eigenvalue weighted by atomic mass is 9.95. The molecule has 1 aromatic carbocycles. The van der Waals surface area contributed by atoms with Gasteiger partial charge in [0.25, 0.3) is 15.7 Å². The predicted octanol–water partition coefficient (Wildman–Crippen LogP) is 1.74. The van der Waals surface area contributed by atoms with Gasteiger partial charge in [0.05, 0.1) is 4.92 Å². The van der Waals surface area contributed by atoms with Crippen LogP contribution in [-0.4, -0.2) is 44.3 Å². The van der Waals surface area contributed by atoms with E-state index in [4.69, 9.17) is 0 Å². The van der Waals surface area contributed by atoms with Gasteiger partial charge in [-0.2, -0.15) is 4.31 Å². The van der Waals surface area contributed by atoms with Crippen molar-refractivity contribution in [3.63, 3.8) is 0 Å². The van der Waals surface area contributed by atoms with Crippen molar-refractivity contribution < 1.29 is 17.7 Å². The molecule has 1 saturated heterocycles. The van der Waals surface area contributed by atoms with Crippen LogP contribution in [0.5, 0.6) is 0 Å². The van der Waals surface area contributed by atoms with Gasteiger partial charge in [-0.05, 0) is 44.8 Å². The Morgan fingerprint density at radius 1 is 1.39 bits per heavy atom. The van der Waals surface area contributed by atoms with Gasteiger partial charge >= 0.3 is 0 Å². The molecule has 1 aliphatic rings. The highest BCUT2D eigenvalue weighted by Gasteiger charge is 2.36. The Labute approximate surface area is 134 Å². The molecule has 1 N–H and O–H groups in total. The van der Waals surface area contributed by atoms with Gasteiger partial charge in [0, 0.05) is 19.2 Å². The molecule has 1 aliphatic heterocycles. The normalized spacial score (nSPS) is 17.3. The second-order valence-electron chi connectivity index (χ2n) is 5.58. The van der Waals surface area contributed by atoms with Crippen LogP contribution < -0.4 is 5.32 Å². The maximum absolute atomic E-state index is 14.0. The van der Waals surface area contributed by atoms with E-state index in [9.17, 15) is 22.9 Å². The fourth-order valence-electron chi connectivity index (χ4n) is 2.81. The predicted molar refractivity (Wildman–Crippen MR) is 83.1 cm³/mol. The van der Waals surface area contributed by atoms with Crippen LogP contribution in [0.25, 0.3) is 0 Å². The van der Waals surface area contributed by atoms with E-state index in [0.717, 1.165) is 35.5 Å². The third-order valence-electron chi connectivity index (χ3n) is 4.12. The molecule has 0 amide bonds. The summed E-state index contributed by atoms with van der Waals surface area (Å²) in [5.41, 5.74) is -0.720. The molecule has 0 spiro atoms. The third-order valence-corrected chi connectivity index (χ3v) is 6.08. The fraction of sp³-hybridized carbons (Fsp3) is 0.571. The lowest BCUT2D eigenvalue weighted by Crippen LogP contribution is -2.39. The molecule has 0 atom stereocenters. The number of nitro benzene ring substituents is 1. The van der Waals surface area contributed by atoms with Crippen LogP contribution in [0.2, 0.25) is 0 Å². The molecule has 9 heteroatoms. The summed E-state index contributed by atoms with van der Waals surface area (Å²) in [6, 6.07) is 3.08. The highest BCUT2D eigenvalue weighted by atomic mass is 32.2. The van der Waals surface area contributed by atoms with Gasteiger partial charge in [0.2, 0.25) is 0 Å². The maximum Gasteiger partial charge on any atom is 0.292 e. The average molecular weight is 345 g/mol. The second-order valence-corrected chi connectivity index (χ2v) is 7.46.